The highest BCUT2D eigenvalue weighted by Gasteiger charge is 2.00. The molecule has 1 aliphatic rings. The summed E-state index contributed by atoms with van der Waals surface area (Å²) < 4.78 is 1.22. The molecule has 0 fully saturated rings. The zero-order valence-electron chi connectivity index (χ0n) is 4.60. The number of alkyl halides is 1. The van der Waals surface area contributed by atoms with Gasteiger partial charge >= 0.3 is 0 Å². The van der Waals surface area contributed by atoms with Gasteiger partial charge in [0, 0.05) is 4.43 Å². The first-order chi connectivity index (χ1) is 3.93. The second-order valence-corrected chi connectivity index (χ2v) is 2.77. The largest absolute Gasteiger partial charge is 0.0857 e. The first kappa shape index (κ1) is 6.33. The van der Waals surface area contributed by atoms with Gasteiger partial charge in [-0.05, 0) is 18.4 Å². The van der Waals surface area contributed by atoms with Crippen LogP contribution in [0.1, 0.15) is 6.42 Å². The monoisotopic (exact) mass is 219 g/mol. The summed E-state index contributed by atoms with van der Waals surface area (Å²) in [5.41, 5.74) is 0. The molecule has 0 aromatic carbocycles. The Balaban J connectivity index is 2.40. The van der Waals surface area contributed by atoms with E-state index in [9.17, 15) is 0 Å². The van der Waals surface area contributed by atoms with Crippen LogP contribution in [0, 0.1) is 12.0 Å². The van der Waals surface area contributed by atoms with Gasteiger partial charge in [0.1, 0.15) is 0 Å². The van der Waals surface area contributed by atoms with Crippen molar-refractivity contribution >= 4 is 22.6 Å². The van der Waals surface area contributed by atoms with Crippen molar-refractivity contribution in [3.05, 3.63) is 24.3 Å². The van der Waals surface area contributed by atoms with Gasteiger partial charge in [-0.15, -0.1) is 0 Å². The van der Waals surface area contributed by atoms with E-state index in [0.717, 1.165) is 5.92 Å². The maximum atomic E-state index is 3.08. The third kappa shape index (κ3) is 1.62. The third-order valence-electron chi connectivity index (χ3n) is 1.18. The Bertz CT molecular complexity index is 114. The van der Waals surface area contributed by atoms with Crippen LogP contribution in [0.2, 0.25) is 0 Å². The highest BCUT2D eigenvalue weighted by Crippen LogP contribution is 2.12. The predicted octanol–water partition coefficient (Wildman–Crippen LogP) is 2.36. The second kappa shape index (κ2) is 3.28. The molecule has 0 nitrogen and oxygen atoms in total. The fourth-order valence-electron chi connectivity index (χ4n) is 0.678. The second-order valence-electron chi connectivity index (χ2n) is 1.89. The molecule has 1 rings (SSSR count). The molecule has 0 saturated carbocycles. The summed E-state index contributed by atoms with van der Waals surface area (Å²) in [6.45, 7) is 0. The summed E-state index contributed by atoms with van der Waals surface area (Å²) in [5, 5.41) is 0. The molecule has 1 radical (unpaired) electrons. The summed E-state index contributed by atoms with van der Waals surface area (Å²) in [4.78, 5) is 0. The zero-order chi connectivity index (χ0) is 5.82. The molecule has 1 unspecified atom stereocenters. The van der Waals surface area contributed by atoms with Gasteiger partial charge in [-0.25, -0.2) is 0 Å². The highest BCUT2D eigenvalue weighted by atomic mass is 127. The smallest absolute Gasteiger partial charge is 0.00616 e. The van der Waals surface area contributed by atoms with Crippen molar-refractivity contribution in [2.24, 2.45) is 5.92 Å². The van der Waals surface area contributed by atoms with Crippen LogP contribution in [-0.4, -0.2) is 4.43 Å². The number of rotatable bonds is 1. The average molecular weight is 219 g/mol. The van der Waals surface area contributed by atoms with E-state index in [1.165, 1.54) is 10.8 Å². The SMILES string of the molecule is ICC1C=[C]C=CC1. The van der Waals surface area contributed by atoms with Crippen LogP contribution in [-0.2, 0) is 0 Å². The van der Waals surface area contributed by atoms with E-state index in [1.807, 2.05) is 6.08 Å². The summed E-state index contributed by atoms with van der Waals surface area (Å²) in [7, 11) is 0. The Hall–Kier alpha value is 0.210. The molecule has 0 amide bonds. The van der Waals surface area contributed by atoms with Gasteiger partial charge in [0.15, 0.2) is 0 Å². The molecule has 0 bridgehead atoms. The van der Waals surface area contributed by atoms with Crippen molar-refractivity contribution in [2.75, 3.05) is 4.43 Å². The Labute approximate surface area is 63.8 Å². The summed E-state index contributed by atoms with van der Waals surface area (Å²) in [6.07, 6.45) is 10.6. The molecule has 0 aromatic heterocycles. The van der Waals surface area contributed by atoms with Gasteiger partial charge in [0.2, 0.25) is 0 Å². The van der Waals surface area contributed by atoms with Crippen LogP contribution in [0.25, 0.3) is 0 Å². The van der Waals surface area contributed by atoms with Crippen molar-refractivity contribution in [3.63, 3.8) is 0 Å². The first-order valence-corrected chi connectivity index (χ1v) is 4.26. The quantitative estimate of drug-likeness (QED) is 0.469. The zero-order valence-corrected chi connectivity index (χ0v) is 6.76. The molecule has 1 aliphatic carbocycles. The molecule has 1 atom stereocenters. The summed E-state index contributed by atoms with van der Waals surface area (Å²) in [6, 6.07) is 0. The summed E-state index contributed by atoms with van der Waals surface area (Å²) in [5.74, 6) is 0.751. The van der Waals surface area contributed by atoms with E-state index in [0.29, 0.717) is 0 Å². The molecular weight excluding hydrogens is 211 g/mol. The third-order valence-corrected chi connectivity index (χ3v) is 2.31. The van der Waals surface area contributed by atoms with Crippen molar-refractivity contribution < 1.29 is 0 Å². The summed E-state index contributed by atoms with van der Waals surface area (Å²) >= 11 is 2.40. The fraction of sp³-hybridized carbons (Fsp3) is 0.429. The lowest BCUT2D eigenvalue weighted by Gasteiger charge is -2.06. The van der Waals surface area contributed by atoms with Crippen LogP contribution >= 0.6 is 22.6 Å². The lowest BCUT2D eigenvalue weighted by atomic mass is 10.0. The number of hydrogen-bond acceptors (Lipinski definition) is 0. The van der Waals surface area contributed by atoms with Crippen LogP contribution in [0.4, 0.5) is 0 Å². The molecule has 1 heteroatoms. The van der Waals surface area contributed by atoms with Gasteiger partial charge in [-0.2, -0.15) is 0 Å². The normalized spacial score (nSPS) is 26.4. The van der Waals surface area contributed by atoms with Crippen molar-refractivity contribution in [2.45, 2.75) is 6.42 Å². The van der Waals surface area contributed by atoms with Gasteiger partial charge in [0.05, 0.1) is 0 Å². The lowest BCUT2D eigenvalue weighted by Crippen LogP contribution is -1.97. The highest BCUT2D eigenvalue weighted by molar-refractivity contribution is 14.1. The fourth-order valence-corrected chi connectivity index (χ4v) is 1.29. The van der Waals surface area contributed by atoms with E-state index >= 15 is 0 Å². The van der Waals surface area contributed by atoms with Crippen molar-refractivity contribution in [1.29, 1.82) is 0 Å². The van der Waals surface area contributed by atoms with Crippen LogP contribution in [0.3, 0.4) is 0 Å². The Morgan fingerprint density at radius 2 is 2.62 bits per heavy atom. The maximum absolute atomic E-state index is 3.08. The van der Waals surface area contributed by atoms with Crippen molar-refractivity contribution in [3.8, 4) is 0 Å². The Morgan fingerprint density at radius 1 is 1.75 bits per heavy atom. The molecule has 0 aliphatic heterocycles. The van der Waals surface area contributed by atoms with Gasteiger partial charge in [-0.1, -0.05) is 40.8 Å². The first-order valence-electron chi connectivity index (χ1n) is 2.74. The van der Waals surface area contributed by atoms with Crippen LogP contribution in [0.15, 0.2) is 18.2 Å². The standard InChI is InChI=1S/C7H8I/c8-6-7-4-2-1-3-5-7/h1-2,5,7H,4,6H2. The van der Waals surface area contributed by atoms with Gasteiger partial charge in [-0.3, -0.25) is 0 Å². The van der Waals surface area contributed by atoms with E-state index in [4.69, 9.17) is 0 Å². The number of allylic oxidation sites excluding steroid dienone is 4. The average Bonchev–Trinajstić information content (AvgIpc) is 1.90. The molecular formula is C7H8I. The molecule has 0 aromatic rings. The predicted molar refractivity (Wildman–Crippen MR) is 43.9 cm³/mol. The molecule has 0 saturated heterocycles. The van der Waals surface area contributed by atoms with Crippen molar-refractivity contribution in [1.82, 2.24) is 0 Å². The van der Waals surface area contributed by atoms with E-state index in [-0.39, 0.29) is 0 Å². The van der Waals surface area contributed by atoms with Crippen LogP contribution in [0.5, 0.6) is 0 Å². The molecule has 0 heterocycles. The minimum atomic E-state index is 0.751. The maximum Gasteiger partial charge on any atom is 0.00616 e. The minimum absolute atomic E-state index is 0.751. The van der Waals surface area contributed by atoms with Gasteiger partial charge in [0.25, 0.3) is 0 Å². The van der Waals surface area contributed by atoms with Gasteiger partial charge < -0.3 is 0 Å². The topological polar surface area (TPSA) is 0 Å². The molecule has 8 heavy (non-hydrogen) atoms. The molecule has 0 spiro atoms. The van der Waals surface area contributed by atoms with E-state index < -0.39 is 0 Å². The lowest BCUT2D eigenvalue weighted by molar-refractivity contribution is 0.757. The molecule has 43 valence electrons. The van der Waals surface area contributed by atoms with E-state index in [2.05, 4.69) is 40.8 Å². The van der Waals surface area contributed by atoms with E-state index in [1.54, 1.807) is 0 Å². The number of halogens is 1. The van der Waals surface area contributed by atoms with Crippen LogP contribution < -0.4 is 0 Å². The molecule has 0 N–H and O–H groups in total. The Kier molecular flexibility index (Phi) is 2.59. The Morgan fingerprint density at radius 3 is 3.00 bits per heavy atom. The number of hydrogen-bond donors (Lipinski definition) is 0. The minimum Gasteiger partial charge on any atom is -0.0857 e.